The second-order valence-electron chi connectivity index (χ2n) is 7.16. The van der Waals surface area contributed by atoms with Crippen LogP contribution >= 0.6 is 11.3 Å². The molecule has 1 aliphatic carbocycles. The summed E-state index contributed by atoms with van der Waals surface area (Å²) in [5.41, 5.74) is 4.96. The highest BCUT2D eigenvalue weighted by molar-refractivity contribution is 7.16. The number of hydrogen-bond donors (Lipinski definition) is 1. The standard InChI is InChI=1S/C21H24N2O2S/c1-12-5-8-16-17(10-22)21(26-18(16)9-12)23-19(24)11-25-20-14(3)7-6-13(2)15(20)4/h6-7,12H,5,8-9,11H2,1-4H3,(H,23,24)/t12-/m0/s1. The molecule has 1 atom stereocenters. The van der Waals surface area contributed by atoms with Gasteiger partial charge in [-0.05, 0) is 68.2 Å². The molecular formula is C21H24N2O2S. The summed E-state index contributed by atoms with van der Waals surface area (Å²) in [6.07, 6.45) is 3.01. The number of thiophene rings is 1. The number of hydrogen-bond acceptors (Lipinski definition) is 4. The van der Waals surface area contributed by atoms with Gasteiger partial charge in [0.25, 0.3) is 5.91 Å². The SMILES string of the molecule is Cc1ccc(C)c(OCC(=O)Nc2sc3c(c2C#N)CC[C@H](C)C3)c1C. The van der Waals surface area contributed by atoms with E-state index in [2.05, 4.69) is 18.3 Å². The second-order valence-corrected chi connectivity index (χ2v) is 8.26. The van der Waals surface area contributed by atoms with Crippen LogP contribution in [0.5, 0.6) is 5.75 Å². The van der Waals surface area contributed by atoms with E-state index in [-0.39, 0.29) is 12.5 Å². The normalized spacial score (nSPS) is 15.9. The van der Waals surface area contributed by atoms with Gasteiger partial charge >= 0.3 is 0 Å². The van der Waals surface area contributed by atoms with Crippen LogP contribution in [0, 0.1) is 38.0 Å². The fourth-order valence-electron chi connectivity index (χ4n) is 3.41. The number of fused-ring (bicyclic) bond motifs is 1. The lowest BCUT2D eigenvalue weighted by Crippen LogP contribution is -2.20. The average Bonchev–Trinajstić information content (AvgIpc) is 2.94. The highest BCUT2D eigenvalue weighted by Crippen LogP contribution is 2.39. The molecule has 2 aromatic rings. The fourth-order valence-corrected chi connectivity index (χ4v) is 4.78. The Morgan fingerprint density at radius 2 is 2.08 bits per heavy atom. The average molecular weight is 369 g/mol. The minimum Gasteiger partial charge on any atom is -0.483 e. The van der Waals surface area contributed by atoms with Gasteiger partial charge in [0.1, 0.15) is 16.8 Å². The lowest BCUT2D eigenvalue weighted by molar-refractivity contribution is -0.118. The number of rotatable bonds is 4. The third-order valence-electron chi connectivity index (χ3n) is 5.10. The second kappa shape index (κ2) is 7.51. The molecule has 1 aromatic heterocycles. The van der Waals surface area contributed by atoms with Gasteiger partial charge in [-0.25, -0.2) is 0 Å². The van der Waals surface area contributed by atoms with Crippen molar-refractivity contribution >= 4 is 22.2 Å². The molecule has 1 N–H and O–H groups in total. The molecular weight excluding hydrogens is 344 g/mol. The van der Waals surface area contributed by atoms with E-state index in [1.54, 1.807) is 0 Å². The molecule has 1 aromatic carbocycles. The van der Waals surface area contributed by atoms with Crippen molar-refractivity contribution in [3.63, 3.8) is 0 Å². The zero-order chi connectivity index (χ0) is 18.8. The van der Waals surface area contributed by atoms with E-state index in [4.69, 9.17) is 4.74 Å². The molecule has 1 amide bonds. The first-order valence-electron chi connectivity index (χ1n) is 8.94. The first kappa shape index (κ1) is 18.5. The molecule has 3 rings (SSSR count). The van der Waals surface area contributed by atoms with E-state index >= 15 is 0 Å². The van der Waals surface area contributed by atoms with Crippen molar-refractivity contribution in [2.24, 2.45) is 5.92 Å². The maximum absolute atomic E-state index is 12.4. The quantitative estimate of drug-likeness (QED) is 0.852. The number of anilines is 1. The van der Waals surface area contributed by atoms with Crippen LogP contribution in [0.3, 0.4) is 0 Å². The Balaban J connectivity index is 1.72. The number of aryl methyl sites for hydroxylation is 2. The maximum Gasteiger partial charge on any atom is 0.262 e. The lowest BCUT2D eigenvalue weighted by atomic mass is 9.89. The highest BCUT2D eigenvalue weighted by atomic mass is 32.1. The molecule has 0 unspecified atom stereocenters. The first-order valence-corrected chi connectivity index (χ1v) is 9.76. The van der Waals surface area contributed by atoms with E-state index in [0.29, 0.717) is 16.5 Å². The molecule has 0 fully saturated rings. The number of carbonyl (C=O) groups excluding carboxylic acids is 1. The van der Waals surface area contributed by atoms with Crippen LogP contribution in [0.1, 0.15) is 46.0 Å². The van der Waals surface area contributed by atoms with Crippen molar-refractivity contribution in [1.82, 2.24) is 0 Å². The Bertz CT molecular complexity index is 892. The van der Waals surface area contributed by atoms with Crippen molar-refractivity contribution < 1.29 is 9.53 Å². The summed E-state index contributed by atoms with van der Waals surface area (Å²) in [6, 6.07) is 6.33. The Hall–Kier alpha value is -2.32. The molecule has 0 saturated heterocycles. The van der Waals surface area contributed by atoms with E-state index in [0.717, 1.165) is 47.3 Å². The number of benzene rings is 1. The predicted octanol–water partition coefficient (Wildman–Crippen LogP) is 4.69. The summed E-state index contributed by atoms with van der Waals surface area (Å²) in [7, 11) is 0. The van der Waals surface area contributed by atoms with Gasteiger partial charge in [0.05, 0.1) is 5.56 Å². The Morgan fingerprint density at radius 3 is 2.81 bits per heavy atom. The molecule has 0 radical (unpaired) electrons. The summed E-state index contributed by atoms with van der Waals surface area (Å²) < 4.78 is 5.78. The van der Waals surface area contributed by atoms with Crippen LogP contribution in [0.15, 0.2) is 12.1 Å². The predicted molar refractivity (Wildman–Crippen MR) is 105 cm³/mol. The monoisotopic (exact) mass is 368 g/mol. The molecule has 1 aliphatic rings. The van der Waals surface area contributed by atoms with Crippen LogP contribution in [0.2, 0.25) is 0 Å². The molecule has 0 spiro atoms. The van der Waals surface area contributed by atoms with Crippen molar-refractivity contribution in [3.05, 3.63) is 44.8 Å². The largest absolute Gasteiger partial charge is 0.483 e. The van der Waals surface area contributed by atoms with Gasteiger partial charge < -0.3 is 10.1 Å². The molecule has 0 bridgehead atoms. The summed E-state index contributed by atoms with van der Waals surface area (Å²) in [5.74, 6) is 1.17. The summed E-state index contributed by atoms with van der Waals surface area (Å²) in [5, 5.41) is 13.1. The molecule has 136 valence electrons. The number of amides is 1. The van der Waals surface area contributed by atoms with E-state index < -0.39 is 0 Å². The Morgan fingerprint density at radius 1 is 1.35 bits per heavy atom. The topological polar surface area (TPSA) is 62.1 Å². The van der Waals surface area contributed by atoms with Gasteiger partial charge in [-0.15, -0.1) is 11.3 Å². The van der Waals surface area contributed by atoms with Crippen LogP contribution in [0.25, 0.3) is 0 Å². The highest BCUT2D eigenvalue weighted by Gasteiger charge is 2.24. The lowest BCUT2D eigenvalue weighted by Gasteiger charge is -2.17. The first-order chi connectivity index (χ1) is 12.4. The van der Waals surface area contributed by atoms with Gasteiger partial charge in [-0.3, -0.25) is 4.79 Å². The third kappa shape index (κ3) is 3.61. The number of nitriles is 1. The van der Waals surface area contributed by atoms with Crippen LogP contribution < -0.4 is 10.1 Å². The van der Waals surface area contributed by atoms with Crippen LogP contribution in [0.4, 0.5) is 5.00 Å². The Kier molecular flexibility index (Phi) is 5.33. The minimum atomic E-state index is -0.228. The van der Waals surface area contributed by atoms with Gasteiger partial charge in [0, 0.05) is 4.88 Å². The molecule has 0 aliphatic heterocycles. The number of nitrogens with zero attached hydrogens (tertiary/aromatic N) is 1. The summed E-state index contributed by atoms with van der Waals surface area (Å²) in [6.45, 7) is 8.17. The maximum atomic E-state index is 12.4. The van der Waals surface area contributed by atoms with Crippen molar-refractivity contribution in [2.45, 2.75) is 47.0 Å². The fraction of sp³-hybridized carbons (Fsp3) is 0.429. The van der Waals surface area contributed by atoms with Gasteiger partial charge in [0.15, 0.2) is 6.61 Å². The van der Waals surface area contributed by atoms with E-state index in [1.807, 2.05) is 32.9 Å². The third-order valence-corrected chi connectivity index (χ3v) is 6.27. The molecule has 4 nitrogen and oxygen atoms in total. The molecule has 26 heavy (non-hydrogen) atoms. The number of carbonyl (C=O) groups is 1. The summed E-state index contributed by atoms with van der Waals surface area (Å²) >= 11 is 1.54. The van der Waals surface area contributed by atoms with Gasteiger partial charge in [-0.1, -0.05) is 19.1 Å². The molecule has 5 heteroatoms. The number of ether oxygens (including phenoxy) is 1. The zero-order valence-corrected chi connectivity index (χ0v) is 16.5. The number of nitrogens with one attached hydrogen (secondary N) is 1. The van der Waals surface area contributed by atoms with Crippen molar-refractivity contribution in [2.75, 3.05) is 11.9 Å². The van der Waals surface area contributed by atoms with E-state index in [1.165, 1.54) is 16.2 Å². The van der Waals surface area contributed by atoms with Crippen molar-refractivity contribution in [1.29, 1.82) is 5.26 Å². The van der Waals surface area contributed by atoms with Crippen LogP contribution in [-0.2, 0) is 17.6 Å². The molecule has 1 heterocycles. The van der Waals surface area contributed by atoms with Gasteiger partial charge in [-0.2, -0.15) is 5.26 Å². The molecule has 0 saturated carbocycles. The summed E-state index contributed by atoms with van der Waals surface area (Å²) in [4.78, 5) is 13.6. The zero-order valence-electron chi connectivity index (χ0n) is 15.7. The van der Waals surface area contributed by atoms with E-state index in [9.17, 15) is 10.1 Å². The van der Waals surface area contributed by atoms with Crippen LogP contribution in [-0.4, -0.2) is 12.5 Å². The van der Waals surface area contributed by atoms with Gasteiger partial charge in [0.2, 0.25) is 0 Å². The minimum absolute atomic E-state index is 0.0605. The van der Waals surface area contributed by atoms with Crippen molar-refractivity contribution in [3.8, 4) is 11.8 Å². The Labute approximate surface area is 158 Å². The smallest absolute Gasteiger partial charge is 0.262 e.